The van der Waals surface area contributed by atoms with Crippen molar-refractivity contribution in [2.75, 3.05) is 12.3 Å². The number of hydrogen-bond donors (Lipinski definition) is 1. The lowest BCUT2D eigenvalue weighted by Crippen LogP contribution is -2.16. The molecule has 0 spiro atoms. The van der Waals surface area contributed by atoms with Crippen molar-refractivity contribution in [2.24, 2.45) is 0 Å². The molecule has 0 fully saturated rings. The number of fused-ring (bicyclic) bond motifs is 1. The molecule has 0 radical (unpaired) electrons. The molecule has 2 aromatic rings. The summed E-state index contributed by atoms with van der Waals surface area (Å²) in [6.45, 7) is 2.20. The molecular formula is C14H17F2N3O2. The summed E-state index contributed by atoms with van der Waals surface area (Å²) >= 11 is 0. The monoisotopic (exact) mass is 297 g/mol. The topological polar surface area (TPSA) is 70.1 Å². The van der Waals surface area contributed by atoms with Crippen LogP contribution in [0.3, 0.4) is 0 Å². The average molecular weight is 297 g/mol. The zero-order chi connectivity index (χ0) is 15.4. The summed E-state index contributed by atoms with van der Waals surface area (Å²) < 4.78 is 32.8. The smallest absolute Gasteiger partial charge is 0.326 e. The highest BCUT2D eigenvalue weighted by Crippen LogP contribution is 2.21. The second-order valence-electron chi connectivity index (χ2n) is 4.74. The largest absolute Gasteiger partial charge is 0.464 e. The van der Waals surface area contributed by atoms with Gasteiger partial charge in [0.05, 0.1) is 17.6 Å². The van der Waals surface area contributed by atoms with E-state index in [1.165, 1.54) is 4.57 Å². The molecule has 114 valence electrons. The fourth-order valence-electron chi connectivity index (χ4n) is 2.02. The number of nitrogens with zero attached hydrogens (tertiary/aromatic N) is 2. The first-order chi connectivity index (χ1) is 10.0. The summed E-state index contributed by atoms with van der Waals surface area (Å²) in [5.41, 5.74) is 6.14. The molecule has 5 nitrogen and oxygen atoms in total. The van der Waals surface area contributed by atoms with Crippen molar-refractivity contribution in [3.05, 3.63) is 23.8 Å². The molecule has 0 saturated heterocycles. The Balaban J connectivity index is 2.12. The molecule has 0 saturated carbocycles. The number of hydrogen-bond acceptors (Lipinski definition) is 4. The number of aromatic nitrogens is 2. The molecule has 0 aliphatic carbocycles. The van der Waals surface area contributed by atoms with Crippen molar-refractivity contribution >= 4 is 23.0 Å². The Morgan fingerprint density at radius 1 is 1.33 bits per heavy atom. The molecule has 1 aromatic carbocycles. The van der Waals surface area contributed by atoms with E-state index in [9.17, 15) is 13.6 Å². The molecule has 1 aromatic heterocycles. The number of nitrogens with two attached hydrogens (primary N) is 1. The first-order valence-corrected chi connectivity index (χ1v) is 6.79. The number of rotatable bonds is 6. The summed E-state index contributed by atoms with van der Waals surface area (Å²) in [6, 6.07) is 1.92. The van der Waals surface area contributed by atoms with Crippen LogP contribution in [0.1, 0.15) is 26.2 Å². The van der Waals surface area contributed by atoms with E-state index in [0.717, 1.165) is 31.4 Å². The van der Waals surface area contributed by atoms with Crippen LogP contribution in [0, 0.1) is 11.6 Å². The first-order valence-electron chi connectivity index (χ1n) is 6.79. The van der Waals surface area contributed by atoms with Crippen molar-refractivity contribution in [1.29, 1.82) is 0 Å². The van der Waals surface area contributed by atoms with Gasteiger partial charge in [-0.2, -0.15) is 0 Å². The van der Waals surface area contributed by atoms with Gasteiger partial charge in [-0.1, -0.05) is 19.8 Å². The minimum atomic E-state index is -1.01. The maximum absolute atomic E-state index is 13.3. The van der Waals surface area contributed by atoms with E-state index in [2.05, 4.69) is 4.98 Å². The van der Waals surface area contributed by atoms with Gasteiger partial charge in [-0.25, -0.2) is 13.8 Å². The van der Waals surface area contributed by atoms with Crippen molar-refractivity contribution in [3.8, 4) is 0 Å². The van der Waals surface area contributed by atoms with Crippen molar-refractivity contribution in [3.63, 3.8) is 0 Å². The van der Waals surface area contributed by atoms with Crippen LogP contribution < -0.4 is 5.73 Å². The molecule has 0 atom stereocenters. The van der Waals surface area contributed by atoms with Crippen LogP contribution in [0.15, 0.2) is 12.1 Å². The van der Waals surface area contributed by atoms with Gasteiger partial charge in [0, 0.05) is 12.1 Å². The van der Waals surface area contributed by atoms with E-state index in [1.54, 1.807) is 0 Å². The van der Waals surface area contributed by atoms with E-state index in [1.807, 2.05) is 6.92 Å². The highest BCUT2D eigenvalue weighted by molar-refractivity contribution is 5.81. The lowest BCUT2D eigenvalue weighted by molar-refractivity contribution is -0.144. The zero-order valence-corrected chi connectivity index (χ0v) is 11.7. The first kappa shape index (κ1) is 15.2. The van der Waals surface area contributed by atoms with E-state index >= 15 is 0 Å². The summed E-state index contributed by atoms with van der Waals surface area (Å²) in [6.07, 6.45) is 2.80. The Labute approximate surface area is 120 Å². The second-order valence-corrected chi connectivity index (χ2v) is 4.74. The summed E-state index contributed by atoms with van der Waals surface area (Å²) in [4.78, 5) is 15.6. The summed E-state index contributed by atoms with van der Waals surface area (Å²) in [7, 11) is 0. The normalized spacial score (nSPS) is 11.0. The standard InChI is InChI=1S/C14H17F2N3O2/c1-2-3-4-5-21-13(20)8-19-12-7-10(16)9(15)6-11(12)18-14(19)17/h6-7H,2-5,8H2,1H3,(H2,17,18). The van der Waals surface area contributed by atoms with E-state index in [0.29, 0.717) is 6.61 Å². The number of carbonyl (C=O) groups is 1. The fraction of sp³-hybridized carbons (Fsp3) is 0.429. The molecule has 0 unspecified atom stereocenters. The van der Waals surface area contributed by atoms with Gasteiger partial charge in [0.2, 0.25) is 5.95 Å². The third-order valence-electron chi connectivity index (χ3n) is 3.12. The predicted molar refractivity (Wildman–Crippen MR) is 74.5 cm³/mol. The molecular weight excluding hydrogens is 280 g/mol. The third kappa shape index (κ3) is 3.48. The van der Waals surface area contributed by atoms with Crippen LogP contribution in [0.2, 0.25) is 0 Å². The summed E-state index contributed by atoms with van der Waals surface area (Å²) in [5.74, 6) is -2.49. The molecule has 0 amide bonds. The van der Waals surface area contributed by atoms with Gasteiger partial charge < -0.3 is 10.5 Å². The quantitative estimate of drug-likeness (QED) is 0.657. The molecule has 7 heteroatoms. The minimum Gasteiger partial charge on any atom is -0.464 e. The Morgan fingerprint density at radius 2 is 2.05 bits per heavy atom. The number of carbonyl (C=O) groups excluding carboxylic acids is 1. The van der Waals surface area contributed by atoms with Crippen LogP contribution in [-0.4, -0.2) is 22.1 Å². The van der Waals surface area contributed by atoms with Crippen LogP contribution in [-0.2, 0) is 16.1 Å². The van der Waals surface area contributed by atoms with Crippen molar-refractivity contribution < 1.29 is 18.3 Å². The van der Waals surface area contributed by atoms with Gasteiger partial charge >= 0.3 is 5.97 Å². The van der Waals surface area contributed by atoms with Gasteiger partial charge in [0.25, 0.3) is 0 Å². The Bertz CT molecular complexity index is 655. The molecule has 0 bridgehead atoms. The SMILES string of the molecule is CCCCCOC(=O)Cn1c(N)nc2cc(F)c(F)cc21. The molecule has 2 rings (SSSR count). The average Bonchev–Trinajstić information content (AvgIpc) is 2.72. The van der Waals surface area contributed by atoms with Crippen LogP contribution >= 0.6 is 0 Å². The maximum atomic E-state index is 13.3. The second kappa shape index (κ2) is 6.51. The van der Waals surface area contributed by atoms with Crippen molar-refractivity contribution in [2.45, 2.75) is 32.7 Å². The van der Waals surface area contributed by atoms with Crippen molar-refractivity contribution in [1.82, 2.24) is 9.55 Å². The number of halogens is 2. The highest BCUT2D eigenvalue weighted by Gasteiger charge is 2.15. The third-order valence-corrected chi connectivity index (χ3v) is 3.12. The maximum Gasteiger partial charge on any atom is 0.326 e. The van der Waals surface area contributed by atoms with Crippen LogP contribution in [0.4, 0.5) is 14.7 Å². The van der Waals surface area contributed by atoms with E-state index in [4.69, 9.17) is 10.5 Å². The van der Waals surface area contributed by atoms with Gasteiger partial charge in [-0.15, -0.1) is 0 Å². The van der Waals surface area contributed by atoms with Gasteiger partial charge in [0.1, 0.15) is 6.54 Å². The number of imidazole rings is 1. The van der Waals surface area contributed by atoms with Gasteiger partial charge in [-0.05, 0) is 6.42 Å². The predicted octanol–water partition coefficient (Wildman–Crippen LogP) is 2.63. The number of esters is 1. The molecule has 0 aliphatic heterocycles. The lowest BCUT2D eigenvalue weighted by Gasteiger charge is -2.07. The number of benzene rings is 1. The molecule has 1 heterocycles. The lowest BCUT2D eigenvalue weighted by atomic mass is 10.3. The number of nitrogen functional groups attached to an aromatic ring is 1. The Kier molecular flexibility index (Phi) is 4.72. The fourth-order valence-corrected chi connectivity index (χ4v) is 2.02. The number of anilines is 1. The Morgan fingerprint density at radius 3 is 2.76 bits per heavy atom. The van der Waals surface area contributed by atoms with Gasteiger partial charge in [-0.3, -0.25) is 9.36 Å². The molecule has 21 heavy (non-hydrogen) atoms. The van der Waals surface area contributed by atoms with E-state index in [-0.39, 0.29) is 23.5 Å². The summed E-state index contributed by atoms with van der Waals surface area (Å²) in [5, 5.41) is 0. The highest BCUT2D eigenvalue weighted by atomic mass is 19.2. The van der Waals surface area contributed by atoms with Crippen LogP contribution in [0.5, 0.6) is 0 Å². The zero-order valence-electron chi connectivity index (χ0n) is 11.7. The minimum absolute atomic E-state index is 0.0144. The Hall–Kier alpha value is -2.18. The van der Waals surface area contributed by atoms with E-state index < -0.39 is 17.6 Å². The molecule has 2 N–H and O–H groups in total. The number of unbranched alkanes of at least 4 members (excludes halogenated alkanes) is 2. The molecule has 0 aliphatic rings. The van der Waals surface area contributed by atoms with Crippen LogP contribution in [0.25, 0.3) is 11.0 Å². The van der Waals surface area contributed by atoms with Gasteiger partial charge in [0.15, 0.2) is 11.6 Å². The number of ether oxygens (including phenoxy) is 1.